The Balaban J connectivity index is 1.41. The molecule has 21 heavy (non-hydrogen) atoms. The maximum Gasteiger partial charge on any atom is 0.191 e. The monoisotopic (exact) mass is 303 g/mol. The fourth-order valence-corrected chi connectivity index (χ4v) is 3.26. The second-order valence-electron chi connectivity index (χ2n) is 5.63. The van der Waals surface area contributed by atoms with Crippen LogP contribution in [-0.2, 0) is 0 Å². The van der Waals surface area contributed by atoms with Crippen LogP contribution in [-0.4, -0.2) is 27.1 Å². The highest BCUT2D eigenvalue weighted by molar-refractivity contribution is 7.99. The molecule has 0 N–H and O–H groups in total. The van der Waals surface area contributed by atoms with E-state index in [-0.39, 0.29) is 0 Å². The van der Waals surface area contributed by atoms with Gasteiger partial charge in [0.1, 0.15) is 12.1 Å². The first-order chi connectivity index (χ1) is 10.2. The van der Waals surface area contributed by atoms with Crippen molar-refractivity contribution in [2.45, 2.75) is 44.3 Å². The second-order valence-corrected chi connectivity index (χ2v) is 6.69. The van der Waals surface area contributed by atoms with Gasteiger partial charge in [0.15, 0.2) is 5.16 Å². The first kappa shape index (κ1) is 14.4. The zero-order chi connectivity index (χ0) is 14.7. The van der Waals surface area contributed by atoms with Gasteiger partial charge < -0.3 is 9.30 Å². The molecule has 2 aromatic rings. The largest absolute Gasteiger partial charge is 0.494 e. The number of hydrogen-bond donors (Lipinski definition) is 0. The Labute approximate surface area is 129 Å². The molecule has 4 nitrogen and oxygen atoms in total. The van der Waals surface area contributed by atoms with Crippen molar-refractivity contribution in [2.75, 3.05) is 12.4 Å². The number of aryl methyl sites for hydroxylation is 2. The molecule has 0 aliphatic heterocycles. The fraction of sp³-hybridized carbons (Fsp3) is 0.500. The molecule has 0 radical (unpaired) electrons. The van der Waals surface area contributed by atoms with Crippen molar-refractivity contribution in [2.24, 2.45) is 0 Å². The van der Waals surface area contributed by atoms with Crippen molar-refractivity contribution in [1.29, 1.82) is 0 Å². The molecule has 0 spiro atoms. The Bertz CT molecular complexity index is 587. The zero-order valence-corrected chi connectivity index (χ0v) is 13.4. The van der Waals surface area contributed by atoms with Gasteiger partial charge >= 0.3 is 0 Å². The Hall–Kier alpha value is -1.49. The van der Waals surface area contributed by atoms with E-state index >= 15 is 0 Å². The van der Waals surface area contributed by atoms with E-state index in [1.54, 1.807) is 11.8 Å². The molecule has 0 amide bonds. The third-order valence-electron chi connectivity index (χ3n) is 3.46. The molecule has 1 heterocycles. The van der Waals surface area contributed by atoms with Crippen LogP contribution in [0.25, 0.3) is 0 Å². The first-order valence-corrected chi connectivity index (χ1v) is 8.44. The molecule has 1 saturated carbocycles. The van der Waals surface area contributed by atoms with Crippen LogP contribution >= 0.6 is 11.8 Å². The van der Waals surface area contributed by atoms with Crippen molar-refractivity contribution < 1.29 is 4.74 Å². The van der Waals surface area contributed by atoms with Crippen LogP contribution in [0.2, 0.25) is 0 Å². The Morgan fingerprint density at radius 2 is 2.00 bits per heavy atom. The standard InChI is InChI=1S/C16H21N3OS/c1-12-8-13(2)10-15(9-12)20-6-3-7-21-16-18-17-11-19(16)14-4-5-14/h8-11,14H,3-7H2,1-2H3. The lowest BCUT2D eigenvalue weighted by atomic mass is 10.1. The molecular weight excluding hydrogens is 282 g/mol. The van der Waals surface area contributed by atoms with E-state index in [9.17, 15) is 0 Å². The highest BCUT2D eigenvalue weighted by Crippen LogP contribution is 2.37. The number of thioether (sulfide) groups is 1. The predicted molar refractivity (Wildman–Crippen MR) is 85.0 cm³/mol. The van der Waals surface area contributed by atoms with Crippen LogP contribution in [0.5, 0.6) is 5.75 Å². The van der Waals surface area contributed by atoms with E-state index in [4.69, 9.17) is 4.74 Å². The number of ether oxygens (including phenoxy) is 1. The number of nitrogens with zero attached hydrogens (tertiary/aromatic N) is 3. The lowest BCUT2D eigenvalue weighted by Crippen LogP contribution is -2.00. The average molecular weight is 303 g/mol. The number of benzene rings is 1. The van der Waals surface area contributed by atoms with Crippen molar-refractivity contribution in [3.8, 4) is 5.75 Å². The number of hydrogen-bond acceptors (Lipinski definition) is 4. The summed E-state index contributed by atoms with van der Waals surface area (Å²) in [6.07, 6.45) is 5.39. The molecule has 5 heteroatoms. The van der Waals surface area contributed by atoms with E-state index in [0.29, 0.717) is 6.04 Å². The maximum absolute atomic E-state index is 5.82. The van der Waals surface area contributed by atoms with Gasteiger partial charge in [0, 0.05) is 11.8 Å². The second kappa shape index (κ2) is 6.52. The summed E-state index contributed by atoms with van der Waals surface area (Å²) >= 11 is 1.77. The minimum atomic E-state index is 0.647. The lowest BCUT2D eigenvalue weighted by molar-refractivity contribution is 0.318. The van der Waals surface area contributed by atoms with Crippen molar-refractivity contribution in [3.63, 3.8) is 0 Å². The molecule has 0 atom stereocenters. The molecule has 1 aromatic carbocycles. The molecule has 1 fully saturated rings. The van der Waals surface area contributed by atoms with Crippen LogP contribution in [0, 0.1) is 13.8 Å². The molecule has 1 aliphatic rings. The average Bonchev–Trinajstić information content (AvgIpc) is 3.17. The topological polar surface area (TPSA) is 39.9 Å². The van der Waals surface area contributed by atoms with Crippen LogP contribution in [0.3, 0.4) is 0 Å². The molecule has 0 bridgehead atoms. The summed E-state index contributed by atoms with van der Waals surface area (Å²) in [5.74, 6) is 1.98. The highest BCUT2D eigenvalue weighted by Gasteiger charge is 2.25. The van der Waals surface area contributed by atoms with E-state index in [0.717, 1.165) is 29.7 Å². The molecular formula is C16H21N3OS. The zero-order valence-electron chi connectivity index (χ0n) is 12.6. The van der Waals surface area contributed by atoms with E-state index < -0.39 is 0 Å². The number of rotatable bonds is 7. The minimum absolute atomic E-state index is 0.647. The normalized spacial score (nSPS) is 14.4. The third-order valence-corrected chi connectivity index (χ3v) is 4.51. The van der Waals surface area contributed by atoms with Gasteiger partial charge in [0.2, 0.25) is 0 Å². The van der Waals surface area contributed by atoms with Crippen LogP contribution in [0.4, 0.5) is 0 Å². The molecule has 0 saturated heterocycles. The van der Waals surface area contributed by atoms with Crippen LogP contribution in [0.15, 0.2) is 29.7 Å². The van der Waals surface area contributed by atoms with Gasteiger partial charge in [-0.25, -0.2) is 0 Å². The van der Waals surface area contributed by atoms with Crippen molar-refractivity contribution >= 4 is 11.8 Å². The molecule has 1 aromatic heterocycles. The fourth-order valence-electron chi connectivity index (χ4n) is 2.37. The Morgan fingerprint density at radius 3 is 2.71 bits per heavy atom. The van der Waals surface area contributed by atoms with Gasteiger partial charge in [-0.15, -0.1) is 10.2 Å². The first-order valence-electron chi connectivity index (χ1n) is 7.46. The maximum atomic E-state index is 5.82. The lowest BCUT2D eigenvalue weighted by Gasteiger charge is -2.08. The van der Waals surface area contributed by atoms with Gasteiger partial charge in [0.05, 0.1) is 6.61 Å². The molecule has 3 rings (SSSR count). The predicted octanol–water partition coefficient (Wildman–Crippen LogP) is 3.79. The summed E-state index contributed by atoms with van der Waals surface area (Å²) < 4.78 is 8.02. The van der Waals surface area contributed by atoms with Crippen LogP contribution < -0.4 is 4.74 Å². The summed E-state index contributed by atoms with van der Waals surface area (Å²) in [6, 6.07) is 6.98. The molecule has 0 unspecified atom stereocenters. The summed E-state index contributed by atoms with van der Waals surface area (Å²) in [5, 5.41) is 9.25. The Morgan fingerprint density at radius 1 is 1.24 bits per heavy atom. The highest BCUT2D eigenvalue weighted by atomic mass is 32.2. The third kappa shape index (κ3) is 4.00. The Kier molecular flexibility index (Phi) is 4.48. The van der Waals surface area contributed by atoms with Gasteiger partial charge in [-0.1, -0.05) is 17.8 Å². The summed E-state index contributed by atoms with van der Waals surface area (Å²) in [5.41, 5.74) is 2.49. The van der Waals surface area contributed by atoms with Gasteiger partial charge in [-0.3, -0.25) is 0 Å². The van der Waals surface area contributed by atoms with E-state index in [2.05, 4.69) is 46.8 Å². The van der Waals surface area contributed by atoms with Gasteiger partial charge in [0.25, 0.3) is 0 Å². The smallest absolute Gasteiger partial charge is 0.191 e. The molecule has 112 valence electrons. The summed E-state index contributed by atoms with van der Waals surface area (Å²) in [6.45, 7) is 4.94. The van der Waals surface area contributed by atoms with E-state index in [1.165, 1.54) is 24.0 Å². The number of aromatic nitrogens is 3. The SMILES string of the molecule is Cc1cc(C)cc(OCCCSc2nncn2C2CC2)c1. The van der Waals surface area contributed by atoms with Gasteiger partial charge in [-0.2, -0.15) is 0 Å². The van der Waals surface area contributed by atoms with E-state index in [1.807, 2.05) is 6.33 Å². The minimum Gasteiger partial charge on any atom is -0.494 e. The van der Waals surface area contributed by atoms with Crippen LogP contribution in [0.1, 0.15) is 36.4 Å². The van der Waals surface area contributed by atoms with Crippen molar-refractivity contribution in [1.82, 2.24) is 14.8 Å². The van der Waals surface area contributed by atoms with Crippen molar-refractivity contribution in [3.05, 3.63) is 35.7 Å². The summed E-state index contributed by atoms with van der Waals surface area (Å²) in [7, 11) is 0. The van der Waals surface area contributed by atoms with Gasteiger partial charge in [-0.05, 0) is 56.4 Å². The summed E-state index contributed by atoms with van der Waals surface area (Å²) in [4.78, 5) is 0. The molecule has 1 aliphatic carbocycles. The quantitative estimate of drug-likeness (QED) is 0.576.